The van der Waals surface area contributed by atoms with Crippen molar-refractivity contribution in [2.45, 2.75) is 26.4 Å². The number of hydrogen-bond acceptors (Lipinski definition) is 6. The summed E-state index contributed by atoms with van der Waals surface area (Å²) in [7, 11) is 1.92. The Morgan fingerprint density at radius 1 is 1.40 bits per heavy atom. The summed E-state index contributed by atoms with van der Waals surface area (Å²) in [5.74, 6) is 0.645. The van der Waals surface area contributed by atoms with Crippen molar-refractivity contribution >= 4 is 18.2 Å². The summed E-state index contributed by atoms with van der Waals surface area (Å²) in [6, 6.07) is 3.83. The second-order valence-corrected chi connectivity index (χ2v) is 6.58. The Kier molecular flexibility index (Phi) is 5.60. The van der Waals surface area contributed by atoms with Gasteiger partial charge >= 0.3 is 5.97 Å². The molecule has 0 saturated carbocycles. The summed E-state index contributed by atoms with van der Waals surface area (Å²) >= 11 is 5.53. The van der Waals surface area contributed by atoms with Gasteiger partial charge in [0.25, 0.3) is 0 Å². The van der Waals surface area contributed by atoms with Gasteiger partial charge in [-0.05, 0) is 50.7 Å². The monoisotopic (exact) mass is 361 g/mol. The van der Waals surface area contributed by atoms with Crippen molar-refractivity contribution in [3.63, 3.8) is 0 Å². The Hall–Kier alpha value is -2.06. The van der Waals surface area contributed by atoms with Crippen molar-refractivity contribution in [3.05, 3.63) is 29.3 Å². The molecule has 0 spiro atoms. The molecule has 0 radical (unpaired) electrons. The molecule has 1 atom stereocenters. The fraction of sp³-hybridized carbons (Fsp3) is 0.529. The Morgan fingerprint density at radius 3 is 2.88 bits per heavy atom. The predicted molar refractivity (Wildman–Crippen MR) is 96.2 cm³/mol. The number of esters is 1. The van der Waals surface area contributed by atoms with Gasteiger partial charge in [0.2, 0.25) is 0 Å². The molecule has 0 N–H and O–H groups in total. The van der Waals surface area contributed by atoms with Crippen LogP contribution in [0.1, 0.15) is 19.8 Å². The van der Waals surface area contributed by atoms with Crippen LogP contribution in [0.2, 0.25) is 0 Å². The molecule has 0 aliphatic carbocycles. The van der Waals surface area contributed by atoms with Crippen LogP contribution in [0.4, 0.5) is 0 Å². The lowest BCUT2D eigenvalue weighted by Gasteiger charge is -2.31. The summed E-state index contributed by atoms with van der Waals surface area (Å²) in [4.78, 5) is 18.3. The highest BCUT2D eigenvalue weighted by Crippen LogP contribution is 2.20. The fourth-order valence-corrected chi connectivity index (χ4v) is 3.34. The number of hydrogen-bond donors (Lipinski definition) is 0. The van der Waals surface area contributed by atoms with Gasteiger partial charge in [0.15, 0.2) is 10.6 Å². The number of piperidine rings is 1. The van der Waals surface area contributed by atoms with Crippen LogP contribution in [0.15, 0.2) is 24.5 Å². The van der Waals surface area contributed by atoms with E-state index < -0.39 is 0 Å². The van der Waals surface area contributed by atoms with Gasteiger partial charge in [-0.15, -0.1) is 0 Å². The quantitative estimate of drug-likeness (QED) is 0.601. The second kappa shape index (κ2) is 7.88. The molecule has 0 bridgehead atoms. The third kappa shape index (κ3) is 3.96. The van der Waals surface area contributed by atoms with Crippen LogP contribution >= 0.6 is 12.2 Å². The molecule has 8 heteroatoms. The molecule has 0 amide bonds. The molecule has 0 unspecified atom stereocenters. The first-order chi connectivity index (χ1) is 12.1. The maximum absolute atomic E-state index is 12.0. The topological polar surface area (TPSA) is 65.2 Å². The molecule has 2 aromatic rings. The molecule has 2 aromatic heterocycles. The zero-order valence-electron chi connectivity index (χ0n) is 14.6. The highest BCUT2D eigenvalue weighted by Gasteiger charge is 2.27. The highest BCUT2D eigenvalue weighted by atomic mass is 32.1. The summed E-state index contributed by atoms with van der Waals surface area (Å²) in [6.07, 6.45) is 5.34. The van der Waals surface area contributed by atoms with Crippen molar-refractivity contribution in [1.29, 1.82) is 0 Å². The van der Waals surface area contributed by atoms with Gasteiger partial charge in [-0.1, -0.05) is 0 Å². The first kappa shape index (κ1) is 17.8. The average molecular weight is 361 g/mol. The van der Waals surface area contributed by atoms with E-state index in [1.807, 2.05) is 35.4 Å². The minimum atomic E-state index is -0.103. The Morgan fingerprint density at radius 2 is 2.16 bits per heavy atom. The van der Waals surface area contributed by atoms with Gasteiger partial charge in [-0.25, -0.2) is 4.68 Å². The van der Waals surface area contributed by atoms with Crippen molar-refractivity contribution in [2.24, 2.45) is 13.0 Å². The zero-order valence-corrected chi connectivity index (χ0v) is 15.4. The van der Waals surface area contributed by atoms with E-state index in [1.165, 1.54) is 0 Å². The Bertz CT molecular complexity index is 786. The number of likely N-dealkylation sites (tertiary alicyclic amines) is 1. The van der Waals surface area contributed by atoms with Crippen molar-refractivity contribution in [2.75, 3.05) is 19.7 Å². The van der Waals surface area contributed by atoms with E-state index in [2.05, 4.69) is 15.0 Å². The number of pyridine rings is 1. The van der Waals surface area contributed by atoms with Gasteiger partial charge in [-0.3, -0.25) is 14.7 Å². The largest absolute Gasteiger partial charge is 0.466 e. The standard InChI is InChI=1S/C17H23N5O2S/c1-3-24-16(23)14-5-4-10-21(11-14)12-22-17(25)20(2)15(19-22)13-6-8-18-9-7-13/h6-9,14H,3-5,10-12H2,1-2H3/t14-/m1/s1. The smallest absolute Gasteiger partial charge is 0.310 e. The van der Waals surface area contributed by atoms with E-state index in [-0.39, 0.29) is 11.9 Å². The number of ether oxygens (including phenoxy) is 1. The fourth-order valence-electron chi connectivity index (χ4n) is 3.16. The Labute approximate surface area is 152 Å². The predicted octanol–water partition coefficient (Wildman–Crippen LogP) is 2.25. The molecule has 3 heterocycles. The number of carbonyl (C=O) groups excluding carboxylic acids is 1. The summed E-state index contributed by atoms with van der Waals surface area (Å²) in [6.45, 7) is 4.45. The normalized spacial score (nSPS) is 18.2. The molecule has 7 nitrogen and oxygen atoms in total. The van der Waals surface area contributed by atoms with Crippen LogP contribution in [0.25, 0.3) is 11.4 Å². The minimum Gasteiger partial charge on any atom is -0.466 e. The third-order valence-electron chi connectivity index (χ3n) is 4.44. The zero-order chi connectivity index (χ0) is 17.8. The summed E-state index contributed by atoms with van der Waals surface area (Å²) in [5, 5.41) is 4.67. The molecule has 134 valence electrons. The lowest BCUT2D eigenvalue weighted by molar-refractivity contribution is -0.150. The van der Waals surface area contributed by atoms with Crippen LogP contribution in [0.3, 0.4) is 0 Å². The SMILES string of the molecule is CCOC(=O)[C@@H]1CCCN(Cn2nc(-c3ccncc3)n(C)c2=S)C1. The van der Waals surface area contributed by atoms with Gasteiger partial charge in [0.05, 0.1) is 19.2 Å². The van der Waals surface area contributed by atoms with Crippen molar-refractivity contribution < 1.29 is 9.53 Å². The van der Waals surface area contributed by atoms with Crippen molar-refractivity contribution in [3.8, 4) is 11.4 Å². The number of nitrogens with zero attached hydrogens (tertiary/aromatic N) is 5. The lowest BCUT2D eigenvalue weighted by atomic mass is 9.99. The highest BCUT2D eigenvalue weighted by molar-refractivity contribution is 7.71. The Balaban J connectivity index is 1.75. The third-order valence-corrected chi connectivity index (χ3v) is 4.92. The molecule has 0 aromatic carbocycles. The van der Waals surface area contributed by atoms with E-state index in [1.54, 1.807) is 12.4 Å². The number of rotatable bonds is 5. The van der Waals surface area contributed by atoms with E-state index in [4.69, 9.17) is 17.0 Å². The van der Waals surface area contributed by atoms with Crippen LogP contribution in [0, 0.1) is 10.7 Å². The molecular formula is C17H23N5O2S. The molecule has 3 rings (SSSR count). The van der Waals surface area contributed by atoms with Gasteiger partial charge < -0.3 is 9.30 Å². The molecule has 1 aliphatic rings. The van der Waals surface area contributed by atoms with E-state index in [0.717, 1.165) is 30.8 Å². The first-order valence-corrected chi connectivity index (χ1v) is 8.94. The van der Waals surface area contributed by atoms with E-state index in [9.17, 15) is 4.79 Å². The second-order valence-electron chi connectivity index (χ2n) is 6.21. The maximum atomic E-state index is 12.0. The van der Waals surface area contributed by atoms with Crippen molar-refractivity contribution in [1.82, 2.24) is 24.2 Å². The van der Waals surface area contributed by atoms with Crippen LogP contribution in [-0.4, -0.2) is 49.9 Å². The maximum Gasteiger partial charge on any atom is 0.310 e. The summed E-state index contributed by atoms with van der Waals surface area (Å²) in [5.41, 5.74) is 0.977. The molecule has 1 saturated heterocycles. The van der Waals surface area contributed by atoms with Gasteiger partial charge in [-0.2, -0.15) is 5.10 Å². The molecule has 1 aliphatic heterocycles. The number of aromatic nitrogens is 4. The van der Waals surface area contributed by atoms with E-state index in [0.29, 0.717) is 24.6 Å². The molecular weight excluding hydrogens is 338 g/mol. The first-order valence-electron chi connectivity index (χ1n) is 8.53. The van der Waals surface area contributed by atoms with Gasteiger partial charge in [0, 0.05) is 31.5 Å². The molecule has 1 fully saturated rings. The van der Waals surface area contributed by atoms with Crippen LogP contribution in [0.5, 0.6) is 0 Å². The van der Waals surface area contributed by atoms with E-state index >= 15 is 0 Å². The minimum absolute atomic E-state index is 0.0637. The average Bonchev–Trinajstić information content (AvgIpc) is 2.91. The van der Waals surface area contributed by atoms with Gasteiger partial charge in [0.1, 0.15) is 0 Å². The summed E-state index contributed by atoms with van der Waals surface area (Å²) < 4.78 is 9.54. The van der Waals surface area contributed by atoms with Crippen LogP contribution < -0.4 is 0 Å². The molecule has 25 heavy (non-hydrogen) atoms. The lowest BCUT2D eigenvalue weighted by Crippen LogP contribution is -2.40. The van der Waals surface area contributed by atoms with Crippen LogP contribution in [-0.2, 0) is 23.2 Å². The number of carbonyl (C=O) groups is 1.